The van der Waals surface area contributed by atoms with Gasteiger partial charge >= 0.3 is 6.18 Å². The van der Waals surface area contributed by atoms with Gasteiger partial charge in [0.05, 0.1) is 12.8 Å². The Bertz CT molecular complexity index is 817. The predicted molar refractivity (Wildman–Crippen MR) is 86.6 cm³/mol. The number of carbonyl (C=O) groups excluding carboxylic acids is 1. The minimum absolute atomic E-state index is 0.122. The molecule has 8 nitrogen and oxygen atoms in total. The minimum Gasteiger partial charge on any atom is -0.459 e. The zero-order chi connectivity index (χ0) is 19.4. The summed E-state index contributed by atoms with van der Waals surface area (Å²) in [6.45, 7) is 0.276. The molecule has 3 rings (SSSR count). The number of aromatic nitrogens is 1. The summed E-state index contributed by atoms with van der Waals surface area (Å²) in [5.74, 6) is 0.224. The standard InChI is InChI=1S/C16H16F3N5O3/c17-16(18,19)10-21-13(25)9-23-3-5-24(6-4-23)15-11(8-20)22-14(27-15)12-2-1-7-26-12/h1-2,7H,3-6,9-10H2,(H,21,25). The number of carbonyl (C=O) groups is 1. The summed E-state index contributed by atoms with van der Waals surface area (Å²) in [5, 5.41) is 11.1. The Balaban J connectivity index is 1.56. The molecule has 1 aliphatic heterocycles. The van der Waals surface area contributed by atoms with Crippen molar-refractivity contribution in [3.8, 4) is 17.7 Å². The van der Waals surface area contributed by atoms with E-state index in [9.17, 15) is 23.2 Å². The van der Waals surface area contributed by atoms with E-state index in [0.29, 0.717) is 37.8 Å². The highest BCUT2D eigenvalue weighted by Crippen LogP contribution is 2.29. The van der Waals surface area contributed by atoms with Gasteiger partial charge in [0.2, 0.25) is 17.5 Å². The van der Waals surface area contributed by atoms with E-state index < -0.39 is 18.6 Å². The van der Waals surface area contributed by atoms with Crippen LogP contribution in [0.25, 0.3) is 11.7 Å². The molecule has 144 valence electrons. The summed E-state index contributed by atoms with van der Waals surface area (Å²) in [4.78, 5) is 19.3. The van der Waals surface area contributed by atoms with E-state index in [4.69, 9.17) is 8.83 Å². The maximum atomic E-state index is 12.1. The third-order valence-electron chi connectivity index (χ3n) is 3.96. The minimum atomic E-state index is -4.43. The first-order chi connectivity index (χ1) is 12.9. The zero-order valence-corrected chi connectivity index (χ0v) is 14.1. The van der Waals surface area contributed by atoms with Crippen molar-refractivity contribution in [3.63, 3.8) is 0 Å². The zero-order valence-electron chi connectivity index (χ0n) is 14.1. The van der Waals surface area contributed by atoms with Crippen LogP contribution in [0, 0.1) is 11.3 Å². The molecule has 0 radical (unpaired) electrons. The Morgan fingerprint density at radius 2 is 2.07 bits per heavy atom. The average molecular weight is 383 g/mol. The molecule has 0 aliphatic carbocycles. The first-order valence-corrected chi connectivity index (χ1v) is 8.11. The van der Waals surface area contributed by atoms with Crippen molar-refractivity contribution in [3.05, 3.63) is 24.1 Å². The Kier molecular flexibility index (Phi) is 5.36. The van der Waals surface area contributed by atoms with Gasteiger partial charge < -0.3 is 19.1 Å². The number of amides is 1. The Labute approximate surface area is 152 Å². The van der Waals surface area contributed by atoms with Gasteiger partial charge in [0, 0.05) is 26.2 Å². The van der Waals surface area contributed by atoms with E-state index in [-0.39, 0.29) is 18.1 Å². The Morgan fingerprint density at radius 1 is 1.33 bits per heavy atom. The highest BCUT2D eigenvalue weighted by atomic mass is 19.4. The van der Waals surface area contributed by atoms with Crippen molar-refractivity contribution in [1.29, 1.82) is 5.26 Å². The Morgan fingerprint density at radius 3 is 2.67 bits per heavy atom. The fourth-order valence-corrected chi connectivity index (χ4v) is 2.67. The number of oxazole rings is 1. The van der Waals surface area contributed by atoms with Gasteiger partial charge in [-0.15, -0.1) is 0 Å². The number of alkyl halides is 3. The molecule has 0 aromatic carbocycles. The second-order valence-electron chi connectivity index (χ2n) is 5.92. The summed E-state index contributed by atoms with van der Waals surface area (Å²) in [6.07, 6.45) is -2.96. The van der Waals surface area contributed by atoms with E-state index >= 15 is 0 Å². The molecule has 0 unspecified atom stereocenters. The highest BCUT2D eigenvalue weighted by Gasteiger charge is 2.29. The number of rotatable bonds is 5. The van der Waals surface area contributed by atoms with Gasteiger partial charge in [-0.05, 0) is 12.1 Å². The smallest absolute Gasteiger partial charge is 0.405 e. The third-order valence-corrected chi connectivity index (χ3v) is 3.96. The number of piperazine rings is 1. The summed E-state index contributed by atoms with van der Waals surface area (Å²) in [7, 11) is 0. The van der Waals surface area contributed by atoms with Crippen molar-refractivity contribution in [2.24, 2.45) is 0 Å². The summed E-state index contributed by atoms with van der Waals surface area (Å²) < 4.78 is 47.2. The molecule has 1 saturated heterocycles. The lowest BCUT2D eigenvalue weighted by atomic mass is 10.3. The van der Waals surface area contributed by atoms with Crippen LogP contribution < -0.4 is 10.2 Å². The first-order valence-electron chi connectivity index (χ1n) is 8.11. The summed E-state index contributed by atoms with van der Waals surface area (Å²) in [5.41, 5.74) is 0.123. The monoisotopic (exact) mass is 383 g/mol. The number of nitrogens with zero attached hydrogens (tertiary/aromatic N) is 4. The number of nitrogens with one attached hydrogen (secondary N) is 1. The molecule has 3 heterocycles. The number of furan rings is 1. The molecule has 11 heteroatoms. The van der Waals surface area contributed by atoms with E-state index in [1.807, 2.05) is 16.3 Å². The van der Waals surface area contributed by atoms with Gasteiger partial charge in [-0.1, -0.05) is 0 Å². The van der Waals surface area contributed by atoms with Gasteiger partial charge in [-0.25, -0.2) is 0 Å². The van der Waals surface area contributed by atoms with Crippen LogP contribution in [-0.4, -0.2) is 61.2 Å². The number of anilines is 1. The summed E-state index contributed by atoms with van der Waals surface area (Å²) >= 11 is 0. The molecule has 0 spiro atoms. The normalized spacial score (nSPS) is 15.6. The van der Waals surface area contributed by atoms with Crippen LogP contribution in [0.3, 0.4) is 0 Å². The van der Waals surface area contributed by atoms with Crippen molar-refractivity contribution in [2.75, 3.05) is 44.2 Å². The van der Waals surface area contributed by atoms with Crippen molar-refractivity contribution in [1.82, 2.24) is 15.2 Å². The van der Waals surface area contributed by atoms with E-state index in [2.05, 4.69) is 4.98 Å². The molecule has 0 atom stereocenters. The van der Waals surface area contributed by atoms with Gasteiger partial charge in [-0.2, -0.15) is 23.4 Å². The maximum absolute atomic E-state index is 12.1. The second kappa shape index (κ2) is 7.71. The lowest BCUT2D eigenvalue weighted by Gasteiger charge is -2.34. The molecule has 27 heavy (non-hydrogen) atoms. The van der Waals surface area contributed by atoms with Crippen LogP contribution in [0.5, 0.6) is 0 Å². The summed E-state index contributed by atoms with van der Waals surface area (Å²) in [6, 6.07) is 5.31. The fourth-order valence-electron chi connectivity index (χ4n) is 2.67. The maximum Gasteiger partial charge on any atom is 0.405 e. The molecule has 2 aromatic rings. The number of nitriles is 1. The van der Waals surface area contributed by atoms with Crippen LogP contribution in [0.15, 0.2) is 27.2 Å². The third kappa shape index (κ3) is 4.79. The van der Waals surface area contributed by atoms with Crippen molar-refractivity contribution >= 4 is 11.8 Å². The van der Waals surface area contributed by atoms with Gasteiger partial charge in [0.25, 0.3) is 5.89 Å². The van der Waals surface area contributed by atoms with Crippen LogP contribution in [-0.2, 0) is 4.79 Å². The topological polar surface area (TPSA) is 98.5 Å². The molecule has 1 N–H and O–H groups in total. The van der Waals surface area contributed by atoms with Crippen LogP contribution in [0.1, 0.15) is 5.69 Å². The molecule has 2 aromatic heterocycles. The molecule has 1 fully saturated rings. The van der Waals surface area contributed by atoms with Crippen molar-refractivity contribution in [2.45, 2.75) is 6.18 Å². The van der Waals surface area contributed by atoms with Crippen molar-refractivity contribution < 1.29 is 26.8 Å². The quantitative estimate of drug-likeness (QED) is 0.837. The van der Waals surface area contributed by atoms with Crippen LogP contribution >= 0.6 is 0 Å². The number of hydrogen-bond acceptors (Lipinski definition) is 7. The fraction of sp³-hybridized carbons (Fsp3) is 0.438. The largest absolute Gasteiger partial charge is 0.459 e. The number of halogens is 3. The molecule has 1 aliphatic rings. The highest BCUT2D eigenvalue weighted by molar-refractivity contribution is 5.78. The number of hydrogen-bond donors (Lipinski definition) is 1. The molecule has 0 bridgehead atoms. The van der Waals surface area contributed by atoms with Gasteiger partial charge in [-0.3, -0.25) is 9.69 Å². The second-order valence-corrected chi connectivity index (χ2v) is 5.92. The lowest BCUT2D eigenvalue weighted by Crippen LogP contribution is -2.50. The molecular formula is C16H16F3N5O3. The van der Waals surface area contributed by atoms with Crippen LogP contribution in [0.2, 0.25) is 0 Å². The van der Waals surface area contributed by atoms with Gasteiger partial charge in [0.1, 0.15) is 12.6 Å². The van der Waals surface area contributed by atoms with E-state index in [0.717, 1.165) is 0 Å². The molecule has 0 saturated carbocycles. The average Bonchev–Trinajstić information content (AvgIpc) is 3.29. The first kappa shape index (κ1) is 18.8. The van der Waals surface area contributed by atoms with E-state index in [1.165, 1.54) is 6.26 Å². The SMILES string of the molecule is N#Cc1nc(-c2ccco2)oc1N1CCN(CC(=O)NCC(F)(F)F)CC1. The lowest BCUT2D eigenvalue weighted by molar-refractivity contribution is -0.139. The Hall–Kier alpha value is -3.00. The van der Waals surface area contributed by atoms with E-state index in [1.54, 1.807) is 17.0 Å². The predicted octanol–water partition coefficient (Wildman–Crippen LogP) is 1.61. The van der Waals surface area contributed by atoms with Crippen LogP contribution in [0.4, 0.5) is 19.1 Å². The molecule has 1 amide bonds. The van der Waals surface area contributed by atoms with Gasteiger partial charge in [0.15, 0.2) is 5.76 Å². The molecular weight excluding hydrogens is 367 g/mol.